The molecule has 0 aromatic heterocycles. The molecule has 0 spiro atoms. The number of hydrogen-bond acceptors (Lipinski definition) is 4. The summed E-state index contributed by atoms with van der Waals surface area (Å²) in [7, 11) is 1.68. The highest BCUT2D eigenvalue weighted by Crippen LogP contribution is 2.17. The minimum absolute atomic E-state index is 0.301. The quantitative estimate of drug-likeness (QED) is 0.473. The molecule has 116 valence electrons. The number of benzene rings is 1. The second-order valence-corrected chi connectivity index (χ2v) is 4.59. The number of para-hydroxylation sites is 1. The largest absolute Gasteiger partial charge is 0.481 e. The van der Waals surface area contributed by atoms with E-state index in [0.717, 1.165) is 43.9 Å². The van der Waals surface area contributed by atoms with Crippen molar-refractivity contribution in [2.45, 2.75) is 19.4 Å². The van der Waals surface area contributed by atoms with Gasteiger partial charge in [-0.1, -0.05) is 24.1 Å². The van der Waals surface area contributed by atoms with Gasteiger partial charge in [0.2, 0.25) is 0 Å². The Bertz CT molecular complexity index is 415. The molecule has 0 unspecified atom stereocenters. The van der Waals surface area contributed by atoms with E-state index in [2.05, 4.69) is 11.2 Å². The lowest BCUT2D eigenvalue weighted by Crippen LogP contribution is -2.16. The first kappa shape index (κ1) is 17.5. The standard InChI is InChI=1S/C17H25NO3/c1-3-11-21-17-9-5-4-8-16(17)15-18-10-6-7-12-20-14-13-19-2/h1,4-5,8-9,18H,6-7,10-15H2,2H3. The van der Waals surface area contributed by atoms with Crippen molar-refractivity contribution in [3.05, 3.63) is 29.8 Å². The first-order valence-electron chi connectivity index (χ1n) is 7.30. The highest BCUT2D eigenvalue weighted by Gasteiger charge is 2.01. The van der Waals surface area contributed by atoms with Crippen LogP contribution >= 0.6 is 0 Å². The molecule has 1 rings (SSSR count). The number of methoxy groups -OCH3 is 1. The van der Waals surface area contributed by atoms with Gasteiger partial charge in [-0.3, -0.25) is 0 Å². The van der Waals surface area contributed by atoms with E-state index in [0.29, 0.717) is 19.8 Å². The molecule has 0 saturated heterocycles. The zero-order chi connectivity index (χ0) is 15.2. The van der Waals surface area contributed by atoms with Crippen molar-refractivity contribution in [3.8, 4) is 18.1 Å². The Morgan fingerprint density at radius 2 is 2.00 bits per heavy atom. The van der Waals surface area contributed by atoms with E-state index in [1.165, 1.54) is 0 Å². The van der Waals surface area contributed by atoms with Gasteiger partial charge in [0.05, 0.1) is 13.2 Å². The first-order chi connectivity index (χ1) is 10.4. The van der Waals surface area contributed by atoms with Crippen LogP contribution in [0.15, 0.2) is 24.3 Å². The fraction of sp³-hybridized carbons (Fsp3) is 0.529. The lowest BCUT2D eigenvalue weighted by molar-refractivity contribution is 0.0688. The lowest BCUT2D eigenvalue weighted by Gasteiger charge is -2.10. The van der Waals surface area contributed by atoms with Crippen molar-refractivity contribution in [3.63, 3.8) is 0 Å². The van der Waals surface area contributed by atoms with E-state index in [-0.39, 0.29) is 0 Å². The van der Waals surface area contributed by atoms with Gasteiger partial charge in [0.25, 0.3) is 0 Å². The molecule has 0 aliphatic heterocycles. The van der Waals surface area contributed by atoms with E-state index in [1.807, 2.05) is 24.3 Å². The Balaban J connectivity index is 2.11. The Morgan fingerprint density at radius 1 is 1.14 bits per heavy atom. The van der Waals surface area contributed by atoms with Crippen LogP contribution in [0.3, 0.4) is 0 Å². The molecule has 0 radical (unpaired) electrons. The molecule has 21 heavy (non-hydrogen) atoms. The molecule has 0 aliphatic rings. The second kappa shape index (κ2) is 12.2. The van der Waals surface area contributed by atoms with E-state index in [1.54, 1.807) is 7.11 Å². The molecule has 0 amide bonds. The van der Waals surface area contributed by atoms with Crippen LogP contribution in [-0.2, 0) is 16.0 Å². The summed E-state index contributed by atoms with van der Waals surface area (Å²) in [6.45, 7) is 4.15. The summed E-state index contributed by atoms with van der Waals surface area (Å²) in [5, 5.41) is 3.41. The van der Waals surface area contributed by atoms with Gasteiger partial charge >= 0.3 is 0 Å². The zero-order valence-electron chi connectivity index (χ0n) is 12.8. The van der Waals surface area contributed by atoms with Crippen LogP contribution in [0.2, 0.25) is 0 Å². The van der Waals surface area contributed by atoms with Gasteiger partial charge in [0, 0.05) is 25.8 Å². The van der Waals surface area contributed by atoms with Gasteiger partial charge in [-0.15, -0.1) is 6.42 Å². The van der Waals surface area contributed by atoms with Crippen molar-refractivity contribution in [1.29, 1.82) is 0 Å². The predicted octanol–water partition coefficient (Wildman–Crippen LogP) is 2.23. The molecule has 1 N–H and O–H groups in total. The van der Waals surface area contributed by atoms with Crippen LogP contribution in [0.1, 0.15) is 18.4 Å². The molecule has 0 atom stereocenters. The van der Waals surface area contributed by atoms with E-state index < -0.39 is 0 Å². The molecule has 0 bridgehead atoms. The summed E-state index contributed by atoms with van der Waals surface area (Å²) in [4.78, 5) is 0. The molecule has 1 aromatic rings. The van der Waals surface area contributed by atoms with Gasteiger partial charge in [0.1, 0.15) is 12.4 Å². The number of nitrogens with one attached hydrogen (secondary N) is 1. The SMILES string of the molecule is C#CCOc1ccccc1CNCCCCOCCOC. The summed E-state index contributed by atoms with van der Waals surface area (Å²) >= 11 is 0. The summed E-state index contributed by atoms with van der Waals surface area (Å²) in [6.07, 6.45) is 7.35. The third kappa shape index (κ3) is 8.36. The monoisotopic (exact) mass is 291 g/mol. The minimum atomic E-state index is 0.301. The highest BCUT2D eigenvalue weighted by molar-refractivity contribution is 5.33. The molecular formula is C17H25NO3. The first-order valence-corrected chi connectivity index (χ1v) is 7.30. The third-order valence-electron chi connectivity index (χ3n) is 2.92. The van der Waals surface area contributed by atoms with Crippen LogP contribution in [0.25, 0.3) is 0 Å². The third-order valence-corrected chi connectivity index (χ3v) is 2.92. The summed E-state index contributed by atoms with van der Waals surface area (Å²) < 4.78 is 15.8. The molecule has 0 heterocycles. The lowest BCUT2D eigenvalue weighted by atomic mass is 10.2. The van der Waals surface area contributed by atoms with Crippen molar-refractivity contribution >= 4 is 0 Å². The smallest absolute Gasteiger partial charge is 0.148 e. The fourth-order valence-corrected chi connectivity index (χ4v) is 1.83. The van der Waals surface area contributed by atoms with Crippen molar-refractivity contribution in [1.82, 2.24) is 5.32 Å². The maximum absolute atomic E-state index is 5.51. The van der Waals surface area contributed by atoms with E-state index in [4.69, 9.17) is 20.6 Å². The number of rotatable bonds is 12. The maximum Gasteiger partial charge on any atom is 0.148 e. The molecule has 0 aliphatic carbocycles. The van der Waals surface area contributed by atoms with Gasteiger partial charge in [0.15, 0.2) is 0 Å². The van der Waals surface area contributed by atoms with Gasteiger partial charge in [-0.25, -0.2) is 0 Å². The summed E-state index contributed by atoms with van der Waals surface area (Å²) in [5.74, 6) is 3.34. The average molecular weight is 291 g/mol. The van der Waals surface area contributed by atoms with Gasteiger partial charge < -0.3 is 19.5 Å². The maximum atomic E-state index is 5.51. The Morgan fingerprint density at radius 3 is 2.81 bits per heavy atom. The van der Waals surface area contributed by atoms with Crippen molar-refractivity contribution < 1.29 is 14.2 Å². The molecule has 0 saturated carbocycles. The predicted molar refractivity (Wildman–Crippen MR) is 84.4 cm³/mol. The average Bonchev–Trinajstić information content (AvgIpc) is 2.52. The summed E-state index contributed by atoms with van der Waals surface area (Å²) in [6, 6.07) is 7.95. The van der Waals surface area contributed by atoms with Crippen molar-refractivity contribution in [2.75, 3.05) is 40.1 Å². The minimum Gasteiger partial charge on any atom is -0.481 e. The van der Waals surface area contributed by atoms with Crippen LogP contribution < -0.4 is 10.1 Å². The van der Waals surface area contributed by atoms with Crippen LogP contribution in [0.5, 0.6) is 5.75 Å². The Kier molecular flexibility index (Phi) is 10.2. The van der Waals surface area contributed by atoms with Gasteiger partial charge in [-0.05, 0) is 25.5 Å². The van der Waals surface area contributed by atoms with E-state index in [9.17, 15) is 0 Å². The number of terminal acetylenes is 1. The van der Waals surface area contributed by atoms with Crippen LogP contribution in [-0.4, -0.2) is 40.1 Å². The molecular weight excluding hydrogens is 266 g/mol. The second-order valence-electron chi connectivity index (χ2n) is 4.59. The Hall–Kier alpha value is -1.54. The van der Waals surface area contributed by atoms with Crippen molar-refractivity contribution in [2.24, 2.45) is 0 Å². The Labute approximate surface area is 127 Å². The summed E-state index contributed by atoms with van der Waals surface area (Å²) in [5.41, 5.74) is 1.13. The molecule has 0 fully saturated rings. The zero-order valence-corrected chi connectivity index (χ0v) is 12.8. The van der Waals surface area contributed by atoms with Gasteiger partial charge in [-0.2, -0.15) is 0 Å². The number of ether oxygens (including phenoxy) is 3. The molecule has 4 heteroatoms. The molecule has 1 aromatic carbocycles. The number of hydrogen-bond donors (Lipinski definition) is 1. The highest BCUT2D eigenvalue weighted by atomic mass is 16.5. The van der Waals surface area contributed by atoms with E-state index >= 15 is 0 Å². The fourth-order valence-electron chi connectivity index (χ4n) is 1.83. The van der Waals surface area contributed by atoms with Crippen LogP contribution in [0, 0.1) is 12.3 Å². The number of unbranched alkanes of at least 4 members (excludes halogenated alkanes) is 1. The van der Waals surface area contributed by atoms with Crippen LogP contribution in [0.4, 0.5) is 0 Å². The topological polar surface area (TPSA) is 39.7 Å². The molecule has 4 nitrogen and oxygen atoms in total. The normalized spacial score (nSPS) is 10.3.